The zero-order valence-electron chi connectivity index (χ0n) is 17.1. The van der Waals surface area contributed by atoms with Crippen LogP contribution in [0, 0.1) is 6.92 Å². The number of furan rings is 1. The second kappa shape index (κ2) is 7.92. The summed E-state index contributed by atoms with van der Waals surface area (Å²) in [5.41, 5.74) is 5.55. The average Bonchev–Trinajstić information content (AvgIpc) is 3.24. The first-order valence-corrected chi connectivity index (χ1v) is 10.1. The van der Waals surface area contributed by atoms with Crippen LogP contribution in [0.3, 0.4) is 0 Å². The Kier molecular flexibility index (Phi) is 5.49. The number of aryl methyl sites for hydroxylation is 1. The summed E-state index contributed by atoms with van der Waals surface area (Å²) in [5, 5.41) is 18.4. The molecule has 0 amide bonds. The van der Waals surface area contributed by atoms with Crippen molar-refractivity contribution in [2.75, 3.05) is 7.11 Å². The number of aliphatic hydroxyl groups excluding tert-OH is 2. The lowest BCUT2D eigenvalue weighted by atomic mass is 9.89. The Labute approximate surface area is 170 Å². The van der Waals surface area contributed by atoms with Crippen LogP contribution in [0.5, 0.6) is 0 Å². The minimum atomic E-state index is -0.817. The van der Waals surface area contributed by atoms with Crippen molar-refractivity contribution in [1.29, 1.82) is 0 Å². The van der Waals surface area contributed by atoms with Gasteiger partial charge < -0.3 is 24.1 Å². The van der Waals surface area contributed by atoms with Gasteiger partial charge in [-0.25, -0.2) is 0 Å². The number of hydrogen-bond donors (Lipinski definition) is 2. The van der Waals surface area contributed by atoms with Gasteiger partial charge in [0.2, 0.25) is 0 Å². The smallest absolute Gasteiger partial charge is 0.198 e. The SMILES string of the molecule is CO.Cc1cc2c(cc1Cc1cc3ccccc3o1)[C@]1(CC(O)CC(C)O1)OC2. The van der Waals surface area contributed by atoms with E-state index < -0.39 is 11.9 Å². The normalized spacial score (nSPS) is 25.7. The van der Waals surface area contributed by atoms with Crippen molar-refractivity contribution in [3.8, 4) is 0 Å². The molecule has 2 aliphatic heterocycles. The molecule has 1 saturated heterocycles. The van der Waals surface area contributed by atoms with Crippen molar-refractivity contribution in [2.45, 2.75) is 57.7 Å². The third kappa shape index (κ3) is 3.71. The fourth-order valence-electron chi connectivity index (χ4n) is 4.53. The summed E-state index contributed by atoms with van der Waals surface area (Å²) in [7, 11) is 1.00. The van der Waals surface area contributed by atoms with Crippen molar-refractivity contribution in [3.05, 3.63) is 70.5 Å². The molecule has 0 bridgehead atoms. The van der Waals surface area contributed by atoms with Gasteiger partial charge >= 0.3 is 0 Å². The monoisotopic (exact) mass is 396 g/mol. The van der Waals surface area contributed by atoms with Crippen LogP contribution in [0.15, 0.2) is 46.9 Å². The third-order valence-electron chi connectivity index (χ3n) is 5.77. The molecule has 5 rings (SSSR count). The lowest BCUT2D eigenvalue weighted by Gasteiger charge is -2.39. The number of aliphatic hydroxyl groups is 2. The lowest BCUT2D eigenvalue weighted by Crippen LogP contribution is -2.43. The minimum Gasteiger partial charge on any atom is -0.461 e. The van der Waals surface area contributed by atoms with E-state index in [2.05, 4.69) is 31.2 Å². The topological polar surface area (TPSA) is 72.1 Å². The Bertz CT molecular complexity index is 963. The summed E-state index contributed by atoms with van der Waals surface area (Å²) in [6.07, 6.45) is 1.43. The molecule has 29 heavy (non-hydrogen) atoms. The Morgan fingerprint density at radius 3 is 2.69 bits per heavy atom. The van der Waals surface area contributed by atoms with Crippen molar-refractivity contribution < 1.29 is 24.1 Å². The van der Waals surface area contributed by atoms with Crippen molar-refractivity contribution in [2.24, 2.45) is 0 Å². The zero-order valence-corrected chi connectivity index (χ0v) is 17.1. The van der Waals surface area contributed by atoms with E-state index >= 15 is 0 Å². The largest absolute Gasteiger partial charge is 0.461 e. The molecule has 0 radical (unpaired) electrons. The summed E-state index contributed by atoms with van der Waals surface area (Å²) >= 11 is 0. The first kappa shape index (κ1) is 20.1. The Hall–Kier alpha value is -2.18. The predicted molar refractivity (Wildman–Crippen MR) is 111 cm³/mol. The zero-order chi connectivity index (χ0) is 20.6. The highest BCUT2D eigenvalue weighted by atomic mass is 16.7. The summed E-state index contributed by atoms with van der Waals surface area (Å²) < 4.78 is 18.3. The van der Waals surface area contributed by atoms with Crippen LogP contribution in [0.25, 0.3) is 11.0 Å². The maximum absolute atomic E-state index is 10.3. The highest BCUT2D eigenvalue weighted by Crippen LogP contribution is 2.46. The first-order valence-electron chi connectivity index (χ1n) is 10.1. The third-order valence-corrected chi connectivity index (χ3v) is 5.77. The van der Waals surface area contributed by atoms with Gasteiger partial charge in [0, 0.05) is 30.9 Å². The van der Waals surface area contributed by atoms with Gasteiger partial charge in [0.05, 0.1) is 18.8 Å². The van der Waals surface area contributed by atoms with E-state index in [4.69, 9.17) is 19.0 Å². The molecule has 3 heterocycles. The molecule has 0 aliphatic carbocycles. The van der Waals surface area contributed by atoms with Crippen molar-refractivity contribution >= 4 is 11.0 Å². The Balaban J connectivity index is 0.000000994. The van der Waals surface area contributed by atoms with Gasteiger partial charge in [-0.3, -0.25) is 0 Å². The number of fused-ring (bicyclic) bond motifs is 3. The molecule has 2 aromatic carbocycles. The van der Waals surface area contributed by atoms with E-state index in [9.17, 15) is 5.11 Å². The minimum absolute atomic E-state index is 0.0279. The predicted octanol–water partition coefficient (Wildman–Crippen LogP) is 4.18. The number of rotatable bonds is 2. The molecule has 3 aromatic rings. The first-order chi connectivity index (χ1) is 14.0. The van der Waals surface area contributed by atoms with Crippen LogP contribution in [0.1, 0.15) is 47.8 Å². The van der Waals surface area contributed by atoms with Gasteiger partial charge in [-0.15, -0.1) is 0 Å². The molecule has 0 saturated carbocycles. The van der Waals surface area contributed by atoms with Crippen LogP contribution < -0.4 is 0 Å². The van der Waals surface area contributed by atoms with Gasteiger partial charge in [0.25, 0.3) is 0 Å². The molecule has 1 fully saturated rings. The van der Waals surface area contributed by atoms with E-state index in [-0.39, 0.29) is 6.10 Å². The van der Waals surface area contributed by atoms with Crippen LogP contribution in [0.4, 0.5) is 0 Å². The van der Waals surface area contributed by atoms with Crippen LogP contribution >= 0.6 is 0 Å². The molecular formula is C24H28O5. The van der Waals surface area contributed by atoms with E-state index in [1.54, 1.807) is 0 Å². The van der Waals surface area contributed by atoms with Crippen LogP contribution in [0.2, 0.25) is 0 Å². The fraction of sp³-hybridized carbons (Fsp3) is 0.417. The van der Waals surface area contributed by atoms with Crippen LogP contribution in [-0.2, 0) is 28.3 Å². The number of para-hydroxylation sites is 1. The molecule has 1 spiro atoms. The highest BCUT2D eigenvalue weighted by molar-refractivity contribution is 5.77. The molecule has 2 unspecified atom stereocenters. The van der Waals surface area contributed by atoms with Gasteiger partial charge in [-0.05, 0) is 55.2 Å². The summed E-state index contributed by atoms with van der Waals surface area (Å²) in [4.78, 5) is 0. The lowest BCUT2D eigenvalue weighted by molar-refractivity contribution is -0.295. The van der Waals surface area contributed by atoms with Crippen molar-refractivity contribution in [3.63, 3.8) is 0 Å². The number of hydrogen-bond acceptors (Lipinski definition) is 5. The molecule has 1 aromatic heterocycles. The van der Waals surface area contributed by atoms with Gasteiger partial charge in [-0.1, -0.05) is 24.3 Å². The average molecular weight is 396 g/mol. The maximum Gasteiger partial charge on any atom is 0.198 e. The Morgan fingerprint density at radius 2 is 1.93 bits per heavy atom. The molecule has 2 aliphatic rings. The standard InChI is InChI=1S/C23H24O4.CH4O/c1-14-7-18-13-25-23(12-19(24)8-15(2)27-23)21(18)11-17(14)10-20-9-16-5-3-4-6-22(16)26-20;1-2/h3-7,9,11,15,19,24H,8,10,12-13H2,1-2H3;2H,1H3/t15?,19?,23-;/m1./s1. The van der Waals surface area contributed by atoms with Gasteiger partial charge in [-0.2, -0.15) is 0 Å². The quantitative estimate of drug-likeness (QED) is 0.680. The van der Waals surface area contributed by atoms with E-state index in [1.165, 1.54) is 11.1 Å². The van der Waals surface area contributed by atoms with Crippen molar-refractivity contribution in [1.82, 2.24) is 0 Å². The van der Waals surface area contributed by atoms with Crippen LogP contribution in [-0.4, -0.2) is 29.5 Å². The molecular weight excluding hydrogens is 368 g/mol. The molecule has 2 N–H and O–H groups in total. The molecule has 5 heteroatoms. The summed E-state index contributed by atoms with van der Waals surface area (Å²) in [6, 6.07) is 14.6. The molecule has 3 atom stereocenters. The fourth-order valence-corrected chi connectivity index (χ4v) is 4.53. The highest BCUT2D eigenvalue weighted by Gasteiger charge is 2.47. The van der Waals surface area contributed by atoms with E-state index in [0.717, 1.165) is 41.4 Å². The molecule has 154 valence electrons. The maximum atomic E-state index is 10.3. The summed E-state index contributed by atoms with van der Waals surface area (Å²) in [5.74, 6) is 0.133. The number of benzene rings is 2. The van der Waals surface area contributed by atoms with E-state index in [1.807, 2.05) is 25.1 Å². The van der Waals surface area contributed by atoms with Gasteiger partial charge in [0.1, 0.15) is 11.3 Å². The van der Waals surface area contributed by atoms with E-state index in [0.29, 0.717) is 19.4 Å². The second-order valence-corrected chi connectivity index (χ2v) is 7.93. The molecule has 5 nitrogen and oxygen atoms in total. The summed E-state index contributed by atoms with van der Waals surface area (Å²) in [6.45, 7) is 4.65. The Morgan fingerprint density at radius 1 is 1.14 bits per heavy atom. The second-order valence-electron chi connectivity index (χ2n) is 7.93. The van der Waals surface area contributed by atoms with Gasteiger partial charge in [0.15, 0.2) is 5.79 Å². The number of ether oxygens (including phenoxy) is 2.